The molecular weight excluding hydrogens is 434 g/mol. The first-order valence-electron chi connectivity index (χ1n) is 10.5. The Hall–Kier alpha value is -3.91. The molecule has 0 aliphatic rings. The molecule has 0 aliphatic carbocycles. The number of nitrogens with zero attached hydrogens (tertiary/aromatic N) is 4. The molecule has 2 heterocycles. The lowest BCUT2D eigenvalue weighted by atomic mass is 10.1. The Labute approximate surface area is 194 Å². The maximum atomic E-state index is 13.3. The molecule has 0 unspecified atom stereocenters. The number of aryl methyl sites for hydroxylation is 2. The van der Waals surface area contributed by atoms with Crippen LogP contribution in [0.2, 0.25) is 0 Å². The second-order valence-corrected chi connectivity index (χ2v) is 8.83. The van der Waals surface area contributed by atoms with Gasteiger partial charge in [0.15, 0.2) is 5.65 Å². The zero-order chi connectivity index (χ0) is 22.9. The van der Waals surface area contributed by atoms with Gasteiger partial charge in [0.05, 0.1) is 11.0 Å². The first-order chi connectivity index (χ1) is 16.0. The average Bonchev–Trinajstić information content (AvgIpc) is 3.13. The summed E-state index contributed by atoms with van der Waals surface area (Å²) in [5, 5.41) is 7.95. The molecule has 2 aromatic heterocycles. The van der Waals surface area contributed by atoms with Gasteiger partial charge in [0.25, 0.3) is 0 Å². The molecule has 0 saturated carbocycles. The number of amides is 1. The molecule has 33 heavy (non-hydrogen) atoms. The standard InChI is InChI=1S/C25H21N5O2S/c1-16-12-13-18(14-17(16)2)26-22(31)15-29-25(32)30-21-11-7-6-10-20(21)27-24(23(30)28-29)33-19-8-4-3-5-9-19/h3-14H,15H2,1-2H3,(H,26,31). The largest absolute Gasteiger partial charge is 0.351 e. The highest BCUT2D eigenvalue weighted by atomic mass is 32.2. The van der Waals surface area contributed by atoms with E-state index in [1.54, 1.807) is 0 Å². The first kappa shape index (κ1) is 21.0. The number of anilines is 1. The van der Waals surface area contributed by atoms with E-state index < -0.39 is 0 Å². The van der Waals surface area contributed by atoms with Crippen LogP contribution >= 0.6 is 11.8 Å². The normalized spacial score (nSPS) is 11.2. The van der Waals surface area contributed by atoms with E-state index in [0.717, 1.165) is 16.0 Å². The van der Waals surface area contributed by atoms with Crippen LogP contribution < -0.4 is 11.0 Å². The molecule has 1 N–H and O–H groups in total. The number of nitrogens with one attached hydrogen (secondary N) is 1. The van der Waals surface area contributed by atoms with Gasteiger partial charge in [0.2, 0.25) is 5.91 Å². The molecule has 0 aliphatic heterocycles. The van der Waals surface area contributed by atoms with E-state index in [9.17, 15) is 9.59 Å². The van der Waals surface area contributed by atoms with Crippen molar-refractivity contribution in [3.63, 3.8) is 0 Å². The fourth-order valence-electron chi connectivity index (χ4n) is 3.60. The zero-order valence-corrected chi connectivity index (χ0v) is 19.0. The van der Waals surface area contributed by atoms with Gasteiger partial charge in [-0.05, 0) is 61.4 Å². The fraction of sp³-hybridized carbons (Fsp3) is 0.120. The van der Waals surface area contributed by atoms with Gasteiger partial charge in [-0.25, -0.2) is 18.9 Å². The van der Waals surface area contributed by atoms with Gasteiger partial charge in [0.1, 0.15) is 11.6 Å². The second-order valence-electron chi connectivity index (χ2n) is 7.77. The minimum Gasteiger partial charge on any atom is -0.324 e. The van der Waals surface area contributed by atoms with E-state index in [-0.39, 0.29) is 18.1 Å². The Bertz CT molecular complexity index is 1560. The monoisotopic (exact) mass is 455 g/mol. The highest BCUT2D eigenvalue weighted by Crippen LogP contribution is 2.30. The van der Waals surface area contributed by atoms with Crippen molar-refractivity contribution in [2.75, 3.05) is 5.32 Å². The smallest absolute Gasteiger partial charge is 0.324 e. The lowest BCUT2D eigenvalue weighted by molar-refractivity contribution is -0.117. The summed E-state index contributed by atoms with van der Waals surface area (Å²) in [6.45, 7) is 3.80. The van der Waals surface area contributed by atoms with Gasteiger partial charge in [-0.3, -0.25) is 4.79 Å². The summed E-state index contributed by atoms with van der Waals surface area (Å²) in [5.74, 6) is -0.321. The molecule has 0 fully saturated rings. The number of hydrogen-bond acceptors (Lipinski definition) is 5. The molecule has 8 heteroatoms. The Kier molecular flexibility index (Phi) is 5.43. The van der Waals surface area contributed by atoms with Crippen molar-refractivity contribution in [1.82, 2.24) is 19.2 Å². The third-order valence-corrected chi connectivity index (χ3v) is 6.39. The summed E-state index contributed by atoms with van der Waals surface area (Å²) < 4.78 is 2.71. The van der Waals surface area contributed by atoms with Crippen LogP contribution in [-0.2, 0) is 11.3 Å². The minimum atomic E-state index is -0.381. The quantitative estimate of drug-likeness (QED) is 0.423. The summed E-state index contributed by atoms with van der Waals surface area (Å²) in [6, 6.07) is 22.9. The molecule has 0 spiro atoms. The van der Waals surface area contributed by atoms with Crippen molar-refractivity contribution in [1.29, 1.82) is 0 Å². The molecule has 7 nitrogen and oxygen atoms in total. The fourth-order valence-corrected chi connectivity index (χ4v) is 4.48. The SMILES string of the molecule is Cc1ccc(NC(=O)Cn2nc3c(Sc4ccccc4)nc4ccccc4n3c2=O)cc1C. The van der Waals surface area contributed by atoms with Crippen LogP contribution in [0.3, 0.4) is 0 Å². The van der Waals surface area contributed by atoms with Gasteiger partial charge in [-0.15, -0.1) is 5.10 Å². The third-order valence-electron chi connectivity index (χ3n) is 5.42. The van der Waals surface area contributed by atoms with Gasteiger partial charge in [0, 0.05) is 10.6 Å². The lowest BCUT2D eigenvalue weighted by Gasteiger charge is -2.07. The minimum absolute atomic E-state index is 0.197. The molecule has 3 aromatic carbocycles. The molecule has 1 amide bonds. The van der Waals surface area contributed by atoms with E-state index in [1.165, 1.54) is 20.8 Å². The van der Waals surface area contributed by atoms with Crippen LogP contribution in [0.15, 0.2) is 87.5 Å². The Morgan fingerprint density at radius 1 is 0.970 bits per heavy atom. The Balaban J connectivity index is 1.54. The average molecular weight is 456 g/mol. The Morgan fingerprint density at radius 3 is 2.52 bits per heavy atom. The number of fused-ring (bicyclic) bond motifs is 3. The van der Waals surface area contributed by atoms with Crippen LogP contribution in [-0.4, -0.2) is 25.1 Å². The number of para-hydroxylation sites is 2. The van der Waals surface area contributed by atoms with E-state index in [2.05, 4.69) is 10.4 Å². The van der Waals surface area contributed by atoms with Crippen LogP contribution in [0.4, 0.5) is 5.69 Å². The predicted molar refractivity (Wildman–Crippen MR) is 130 cm³/mol. The van der Waals surface area contributed by atoms with Crippen LogP contribution in [0, 0.1) is 13.8 Å². The molecule has 164 valence electrons. The summed E-state index contributed by atoms with van der Waals surface area (Å²) in [7, 11) is 0. The highest BCUT2D eigenvalue weighted by molar-refractivity contribution is 7.99. The second kappa shape index (κ2) is 8.55. The van der Waals surface area contributed by atoms with Gasteiger partial charge in [-0.2, -0.15) is 0 Å². The van der Waals surface area contributed by atoms with E-state index in [0.29, 0.717) is 27.4 Å². The summed E-state index contributed by atoms with van der Waals surface area (Å²) in [4.78, 5) is 31.7. The van der Waals surface area contributed by atoms with Crippen molar-refractivity contribution in [2.45, 2.75) is 30.3 Å². The maximum Gasteiger partial charge on any atom is 0.351 e. The van der Waals surface area contributed by atoms with E-state index in [1.807, 2.05) is 86.6 Å². The summed E-state index contributed by atoms with van der Waals surface area (Å²) >= 11 is 1.43. The maximum absolute atomic E-state index is 13.3. The number of hydrogen-bond donors (Lipinski definition) is 1. The van der Waals surface area contributed by atoms with Crippen molar-refractivity contribution in [2.24, 2.45) is 0 Å². The predicted octanol–water partition coefficient (Wildman–Crippen LogP) is 4.45. The number of carbonyl (C=O) groups is 1. The third kappa shape index (κ3) is 4.12. The number of benzene rings is 3. The topological polar surface area (TPSA) is 81.3 Å². The van der Waals surface area contributed by atoms with Gasteiger partial charge in [-0.1, -0.05) is 48.2 Å². The molecule has 5 rings (SSSR count). The molecule has 0 atom stereocenters. The van der Waals surface area contributed by atoms with E-state index in [4.69, 9.17) is 4.98 Å². The highest BCUT2D eigenvalue weighted by Gasteiger charge is 2.18. The number of carbonyl (C=O) groups excluding carboxylic acids is 1. The number of aromatic nitrogens is 4. The lowest BCUT2D eigenvalue weighted by Crippen LogP contribution is -2.28. The molecule has 0 bridgehead atoms. The van der Waals surface area contributed by atoms with Crippen LogP contribution in [0.5, 0.6) is 0 Å². The van der Waals surface area contributed by atoms with Crippen molar-refractivity contribution < 1.29 is 4.79 Å². The van der Waals surface area contributed by atoms with Crippen LogP contribution in [0.25, 0.3) is 16.7 Å². The number of rotatable bonds is 5. The van der Waals surface area contributed by atoms with E-state index >= 15 is 0 Å². The van der Waals surface area contributed by atoms with Gasteiger partial charge < -0.3 is 5.32 Å². The molecule has 0 saturated heterocycles. The van der Waals surface area contributed by atoms with Crippen molar-refractivity contribution >= 4 is 40.0 Å². The summed E-state index contributed by atoms with van der Waals surface area (Å²) in [5.41, 5.74) is 4.29. The molecule has 5 aromatic rings. The van der Waals surface area contributed by atoms with Crippen LogP contribution in [0.1, 0.15) is 11.1 Å². The molecule has 0 radical (unpaired) electrons. The van der Waals surface area contributed by atoms with Crippen molar-refractivity contribution in [3.05, 3.63) is 94.4 Å². The van der Waals surface area contributed by atoms with Gasteiger partial charge >= 0.3 is 5.69 Å². The molecular formula is C25H21N5O2S. The first-order valence-corrected chi connectivity index (χ1v) is 11.3. The Morgan fingerprint density at radius 2 is 1.73 bits per heavy atom. The zero-order valence-electron chi connectivity index (χ0n) is 18.1. The summed E-state index contributed by atoms with van der Waals surface area (Å²) in [6.07, 6.45) is 0. The van der Waals surface area contributed by atoms with Crippen molar-refractivity contribution in [3.8, 4) is 0 Å².